The van der Waals surface area contributed by atoms with Crippen LogP contribution in [0.15, 0.2) is 54.9 Å². The SMILES string of the molecule is Cc1ccc(NC(=O)C2(c3ccccc3C(C)C)CN(c3ncccn3)C2)c(OC(F)F)n1. The molecule has 0 bridgehead atoms. The summed E-state index contributed by atoms with van der Waals surface area (Å²) in [7, 11) is 0. The lowest BCUT2D eigenvalue weighted by Crippen LogP contribution is -2.66. The van der Waals surface area contributed by atoms with Crippen molar-refractivity contribution >= 4 is 17.5 Å². The molecule has 0 atom stereocenters. The van der Waals surface area contributed by atoms with Gasteiger partial charge in [0.2, 0.25) is 17.7 Å². The second-order valence-corrected chi connectivity index (χ2v) is 8.37. The van der Waals surface area contributed by atoms with Crippen LogP contribution in [0.5, 0.6) is 5.88 Å². The van der Waals surface area contributed by atoms with Gasteiger partial charge in [0, 0.05) is 31.2 Å². The predicted octanol–water partition coefficient (Wildman–Crippen LogP) is 4.30. The molecule has 3 aromatic rings. The largest absolute Gasteiger partial charge is 0.415 e. The monoisotopic (exact) mass is 453 g/mol. The van der Waals surface area contributed by atoms with Crippen molar-refractivity contribution < 1.29 is 18.3 Å². The fourth-order valence-corrected chi connectivity index (χ4v) is 4.12. The first kappa shape index (κ1) is 22.6. The van der Waals surface area contributed by atoms with E-state index >= 15 is 0 Å². The number of amides is 1. The van der Waals surface area contributed by atoms with Crippen molar-refractivity contribution in [3.63, 3.8) is 0 Å². The fraction of sp³-hybridized carbons (Fsp3) is 0.333. The minimum atomic E-state index is -3.06. The molecule has 1 amide bonds. The maximum Gasteiger partial charge on any atom is 0.388 e. The summed E-state index contributed by atoms with van der Waals surface area (Å²) in [6.45, 7) is 3.43. The summed E-state index contributed by atoms with van der Waals surface area (Å²) in [4.78, 5) is 28.3. The molecule has 172 valence electrons. The van der Waals surface area contributed by atoms with Crippen molar-refractivity contribution in [3.8, 4) is 5.88 Å². The number of nitrogens with zero attached hydrogens (tertiary/aromatic N) is 4. The fourth-order valence-electron chi connectivity index (χ4n) is 4.12. The molecule has 0 aliphatic carbocycles. The van der Waals surface area contributed by atoms with Crippen LogP contribution >= 0.6 is 0 Å². The summed E-state index contributed by atoms with van der Waals surface area (Å²) in [5.41, 5.74) is 1.61. The third kappa shape index (κ3) is 4.48. The molecule has 1 fully saturated rings. The van der Waals surface area contributed by atoms with Crippen molar-refractivity contribution in [2.24, 2.45) is 0 Å². The topological polar surface area (TPSA) is 80.2 Å². The van der Waals surface area contributed by atoms with E-state index in [0.29, 0.717) is 24.7 Å². The number of carbonyl (C=O) groups is 1. The molecule has 0 unspecified atom stereocenters. The molecular weight excluding hydrogens is 428 g/mol. The van der Waals surface area contributed by atoms with Gasteiger partial charge in [0.25, 0.3) is 0 Å². The van der Waals surface area contributed by atoms with Crippen LogP contribution in [-0.2, 0) is 10.2 Å². The van der Waals surface area contributed by atoms with E-state index in [9.17, 15) is 13.6 Å². The number of hydrogen-bond donors (Lipinski definition) is 1. The lowest BCUT2D eigenvalue weighted by atomic mass is 9.69. The number of aryl methyl sites for hydroxylation is 1. The third-order valence-electron chi connectivity index (χ3n) is 5.74. The summed E-state index contributed by atoms with van der Waals surface area (Å²) >= 11 is 0. The first-order valence-electron chi connectivity index (χ1n) is 10.7. The molecule has 1 N–H and O–H groups in total. The number of alkyl halides is 2. The lowest BCUT2D eigenvalue weighted by Gasteiger charge is -2.49. The highest BCUT2D eigenvalue weighted by atomic mass is 19.3. The Morgan fingerprint density at radius 2 is 1.79 bits per heavy atom. The van der Waals surface area contributed by atoms with E-state index in [1.165, 1.54) is 6.07 Å². The zero-order valence-corrected chi connectivity index (χ0v) is 18.6. The molecule has 9 heteroatoms. The molecule has 1 saturated heterocycles. The molecular formula is C24H25F2N5O2. The van der Waals surface area contributed by atoms with Gasteiger partial charge in [-0.25, -0.2) is 15.0 Å². The average Bonchev–Trinajstić information content (AvgIpc) is 2.75. The Morgan fingerprint density at radius 1 is 1.09 bits per heavy atom. The zero-order chi connectivity index (χ0) is 23.6. The van der Waals surface area contributed by atoms with Crippen LogP contribution in [0.3, 0.4) is 0 Å². The number of anilines is 2. The van der Waals surface area contributed by atoms with Gasteiger partial charge in [0.05, 0.1) is 0 Å². The van der Waals surface area contributed by atoms with Gasteiger partial charge < -0.3 is 15.0 Å². The Morgan fingerprint density at radius 3 is 2.45 bits per heavy atom. The Kier molecular flexibility index (Phi) is 6.22. The van der Waals surface area contributed by atoms with Crippen molar-refractivity contribution in [3.05, 3.63) is 71.7 Å². The molecule has 33 heavy (non-hydrogen) atoms. The lowest BCUT2D eigenvalue weighted by molar-refractivity contribution is -0.122. The van der Waals surface area contributed by atoms with E-state index in [0.717, 1.165) is 11.1 Å². The van der Waals surface area contributed by atoms with Crippen molar-refractivity contribution in [2.75, 3.05) is 23.3 Å². The van der Waals surface area contributed by atoms with E-state index in [1.54, 1.807) is 31.5 Å². The average molecular weight is 453 g/mol. The molecule has 7 nitrogen and oxygen atoms in total. The van der Waals surface area contributed by atoms with Gasteiger partial charge >= 0.3 is 6.61 Å². The molecule has 2 aromatic heterocycles. The second kappa shape index (κ2) is 9.09. The van der Waals surface area contributed by atoms with Gasteiger partial charge in [-0.15, -0.1) is 0 Å². The molecule has 0 saturated carbocycles. The van der Waals surface area contributed by atoms with Crippen molar-refractivity contribution in [2.45, 2.75) is 38.7 Å². The van der Waals surface area contributed by atoms with Gasteiger partial charge in [0.15, 0.2) is 0 Å². The molecule has 0 spiro atoms. The maximum absolute atomic E-state index is 13.7. The number of ether oxygens (including phenoxy) is 1. The summed E-state index contributed by atoms with van der Waals surface area (Å²) in [6.07, 6.45) is 3.30. The Hall–Kier alpha value is -3.62. The maximum atomic E-state index is 13.7. The van der Waals surface area contributed by atoms with Gasteiger partial charge in [-0.05, 0) is 42.2 Å². The number of pyridine rings is 1. The number of benzene rings is 1. The van der Waals surface area contributed by atoms with Crippen LogP contribution in [-0.4, -0.2) is 40.6 Å². The van der Waals surface area contributed by atoms with Crippen LogP contribution in [0, 0.1) is 6.92 Å². The first-order valence-corrected chi connectivity index (χ1v) is 10.7. The van der Waals surface area contributed by atoms with Crippen LogP contribution in [0.2, 0.25) is 0 Å². The van der Waals surface area contributed by atoms with E-state index < -0.39 is 12.0 Å². The number of halogens is 2. The minimum absolute atomic E-state index is 0.0988. The quantitative estimate of drug-likeness (QED) is 0.575. The van der Waals surface area contributed by atoms with Gasteiger partial charge in [0.1, 0.15) is 11.1 Å². The summed E-state index contributed by atoms with van der Waals surface area (Å²) in [5.74, 6) is 0.0779. The summed E-state index contributed by atoms with van der Waals surface area (Å²) in [6, 6.07) is 12.7. The minimum Gasteiger partial charge on any atom is -0.415 e. The van der Waals surface area contributed by atoms with E-state index in [4.69, 9.17) is 0 Å². The Labute approximate surface area is 190 Å². The number of nitrogens with one attached hydrogen (secondary N) is 1. The van der Waals surface area contributed by atoms with Crippen LogP contribution in [0.4, 0.5) is 20.4 Å². The standard InChI is InChI=1S/C24H25F2N5O2/c1-15(2)17-7-4-5-8-18(17)24(13-31(14-24)23-27-11-6-12-28-23)21(32)30-19-10-9-16(3)29-20(19)33-22(25)26/h4-12,15,22H,13-14H2,1-3H3,(H,30,32). The molecule has 1 aromatic carbocycles. The molecule has 4 rings (SSSR count). The van der Waals surface area contributed by atoms with Gasteiger partial charge in [-0.3, -0.25) is 4.79 Å². The summed E-state index contributed by atoms with van der Waals surface area (Å²) < 4.78 is 30.4. The number of rotatable bonds is 7. The Balaban J connectivity index is 1.71. The van der Waals surface area contributed by atoms with Crippen molar-refractivity contribution in [1.29, 1.82) is 0 Å². The molecule has 1 aliphatic heterocycles. The van der Waals surface area contributed by atoms with Crippen LogP contribution in [0.25, 0.3) is 0 Å². The number of aromatic nitrogens is 3. The van der Waals surface area contributed by atoms with Crippen LogP contribution < -0.4 is 15.0 Å². The van der Waals surface area contributed by atoms with Crippen LogP contribution in [0.1, 0.15) is 36.6 Å². The number of hydrogen-bond acceptors (Lipinski definition) is 6. The summed E-state index contributed by atoms with van der Waals surface area (Å²) in [5, 5.41) is 2.80. The van der Waals surface area contributed by atoms with E-state index in [1.807, 2.05) is 29.2 Å². The predicted molar refractivity (Wildman–Crippen MR) is 121 cm³/mol. The first-order chi connectivity index (χ1) is 15.8. The number of carbonyl (C=O) groups excluding carboxylic acids is 1. The molecule has 0 radical (unpaired) electrons. The van der Waals surface area contributed by atoms with Gasteiger partial charge in [-0.2, -0.15) is 8.78 Å². The van der Waals surface area contributed by atoms with E-state index in [2.05, 4.69) is 38.9 Å². The highest BCUT2D eigenvalue weighted by Crippen LogP contribution is 2.41. The highest BCUT2D eigenvalue weighted by molar-refractivity contribution is 6.02. The Bertz CT molecular complexity index is 1130. The second-order valence-electron chi connectivity index (χ2n) is 8.37. The normalized spacial score (nSPS) is 14.8. The zero-order valence-electron chi connectivity index (χ0n) is 18.6. The van der Waals surface area contributed by atoms with Gasteiger partial charge in [-0.1, -0.05) is 38.1 Å². The molecule has 1 aliphatic rings. The van der Waals surface area contributed by atoms with Crippen molar-refractivity contribution in [1.82, 2.24) is 15.0 Å². The smallest absolute Gasteiger partial charge is 0.388 e. The molecule has 3 heterocycles. The third-order valence-corrected chi connectivity index (χ3v) is 5.74. The van der Waals surface area contributed by atoms with E-state index in [-0.39, 0.29) is 23.4 Å². The highest BCUT2D eigenvalue weighted by Gasteiger charge is 2.52.